The van der Waals surface area contributed by atoms with Gasteiger partial charge < -0.3 is 4.98 Å². The van der Waals surface area contributed by atoms with E-state index in [9.17, 15) is 25.2 Å². The molecule has 0 fully saturated rings. The zero-order valence-electron chi connectivity index (χ0n) is 8.95. The molecular formula is C6H11F6N2P. The molecule has 0 amide bonds. The van der Waals surface area contributed by atoms with E-state index >= 15 is 0 Å². The molecule has 0 aliphatic carbocycles. The van der Waals surface area contributed by atoms with Gasteiger partial charge in [-0.05, 0) is 6.92 Å². The van der Waals surface area contributed by atoms with Crippen LogP contribution in [0.2, 0.25) is 0 Å². The zero-order chi connectivity index (χ0) is 12.4. The first-order chi connectivity index (χ1) is 6.28. The maximum Gasteiger partial charge on any atom is 1.00 e. The van der Waals surface area contributed by atoms with E-state index in [2.05, 4.69) is 16.9 Å². The van der Waals surface area contributed by atoms with Gasteiger partial charge in [-0.25, -0.2) is 4.98 Å². The number of hydrogen-bond donors (Lipinski definition) is 1. The van der Waals surface area contributed by atoms with Gasteiger partial charge in [0.25, 0.3) is 0 Å². The summed E-state index contributed by atoms with van der Waals surface area (Å²) in [6, 6.07) is 0. The normalized spacial score (nSPS) is 16.0. The van der Waals surface area contributed by atoms with Crippen LogP contribution >= 0.6 is 7.81 Å². The summed E-state index contributed by atoms with van der Waals surface area (Å²) in [5, 5.41) is 0. The van der Waals surface area contributed by atoms with E-state index in [0.29, 0.717) is 0 Å². The maximum absolute atomic E-state index is 10.7. The third-order valence-electron chi connectivity index (χ3n) is 1.09. The first-order valence-electron chi connectivity index (χ1n) is 3.85. The number of nitrogens with zero attached hydrogens (tertiary/aromatic N) is 1. The molecule has 2 nitrogen and oxygen atoms in total. The van der Waals surface area contributed by atoms with Crippen molar-refractivity contribution >= 4 is 7.81 Å². The van der Waals surface area contributed by atoms with Crippen molar-refractivity contribution in [2.45, 2.75) is 20.3 Å². The summed E-state index contributed by atoms with van der Waals surface area (Å²) in [5.74, 6) is 1.07. The minimum atomic E-state index is -10.7. The Bertz CT molecular complexity index is 319. The fourth-order valence-corrected chi connectivity index (χ4v) is 0.646. The van der Waals surface area contributed by atoms with Crippen molar-refractivity contribution in [2.24, 2.45) is 0 Å². The Labute approximate surface area is 83.4 Å². The van der Waals surface area contributed by atoms with E-state index in [1.54, 1.807) is 0 Å². The summed E-state index contributed by atoms with van der Waals surface area (Å²) in [5.41, 5.74) is 1.07. The number of rotatable bonds is 1. The molecular weight excluding hydrogens is 245 g/mol. The molecule has 1 heterocycles. The van der Waals surface area contributed by atoms with Gasteiger partial charge in [-0.3, -0.25) is 0 Å². The van der Waals surface area contributed by atoms with Gasteiger partial charge in [-0.15, -0.1) is 0 Å². The molecule has 0 bridgehead atoms. The van der Waals surface area contributed by atoms with Crippen LogP contribution in [-0.4, -0.2) is 9.97 Å². The monoisotopic (exact) mass is 256 g/mol. The Morgan fingerprint density at radius 1 is 1.27 bits per heavy atom. The van der Waals surface area contributed by atoms with E-state index in [-0.39, 0.29) is 1.43 Å². The molecule has 1 rings (SSSR count). The van der Waals surface area contributed by atoms with Gasteiger partial charge in [0.2, 0.25) is 0 Å². The van der Waals surface area contributed by atoms with E-state index in [1.807, 2.05) is 13.1 Å². The van der Waals surface area contributed by atoms with E-state index in [4.69, 9.17) is 0 Å². The number of hydrogen-bond acceptors (Lipinski definition) is 1. The molecule has 0 aliphatic rings. The topological polar surface area (TPSA) is 28.7 Å². The standard InChI is InChI=1S/C6H10N2.F6P/c1-3-6-7-4-5(2)8-6;1-7(2,3,4,5)6/h4H,3H2,1-2H3,(H,7,8);/q;-1/p+1. The summed E-state index contributed by atoms with van der Waals surface area (Å²) >= 11 is 0. The van der Waals surface area contributed by atoms with Gasteiger partial charge in [0.15, 0.2) is 0 Å². The second-order valence-corrected chi connectivity index (χ2v) is 4.72. The number of aromatic nitrogens is 2. The van der Waals surface area contributed by atoms with Gasteiger partial charge in [0.1, 0.15) is 5.82 Å². The fourth-order valence-electron chi connectivity index (χ4n) is 0.646. The molecule has 0 radical (unpaired) electrons. The minimum absolute atomic E-state index is 0. The molecule has 15 heavy (non-hydrogen) atoms. The van der Waals surface area contributed by atoms with Gasteiger partial charge >= 0.3 is 34.4 Å². The van der Waals surface area contributed by atoms with Crippen LogP contribution in [0.1, 0.15) is 19.9 Å². The summed E-state index contributed by atoms with van der Waals surface area (Å²) in [4.78, 5) is 7.22. The fraction of sp³-hybridized carbons (Fsp3) is 0.500. The van der Waals surface area contributed by atoms with Crippen LogP contribution in [-0.2, 0) is 6.42 Å². The molecule has 0 saturated carbocycles. The molecule has 1 aromatic rings. The molecule has 9 heteroatoms. The van der Waals surface area contributed by atoms with Gasteiger partial charge in [0.05, 0.1) is 5.69 Å². The van der Waals surface area contributed by atoms with E-state index < -0.39 is 7.81 Å². The number of aryl methyl sites for hydroxylation is 2. The first-order valence-corrected chi connectivity index (χ1v) is 5.88. The summed E-state index contributed by atoms with van der Waals surface area (Å²) in [7, 11) is -10.7. The number of H-pyrrole nitrogens is 1. The van der Waals surface area contributed by atoms with Crippen molar-refractivity contribution in [3.8, 4) is 0 Å². The molecule has 0 aliphatic heterocycles. The molecule has 1 aromatic heterocycles. The van der Waals surface area contributed by atoms with Crippen LogP contribution in [0.3, 0.4) is 0 Å². The molecule has 0 unspecified atom stereocenters. The number of nitrogens with one attached hydrogen (secondary N) is 1. The number of aromatic amines is 1. The molecule has 92 valence electrons. The summed E-state index contributed by atoms with van der Waals surface area (Å²) in [6.45, 7) is 4.06. The predicted molar refractivity (Wildman–Crippen MR) is 47.4 cm³/mol. The van der Waals surface area contributed by atoms with Crippen molar-refractivity contribution in [1.29, 1.82) is 0 Å². The Morgan fingerprint density at radius 2 is 1.67 bits per heavy atom. The number of imidazole rings is 1. The molecule has 0 aromatic carbocycles. The van der Waals surface area contributed by atoms with Crippen LogP contribution in [0.15, 0.2) is 6.20 Å². The predicted octanol–water partition coefficient (Wildman–Crippen LogP) is 4.78. The smallest absolute Gasteiger partial charge is 1.00 e. The SMILES string of the molecule is CCc1nc(C)c[nH]1.F[P-](F)(F)(F)(F)F.[H+]. The second-order valence-electron chi connectivity index (χ2n) is 2.80. The van der Waals surface area contributed by atoms with Crippen LogP contribution in [0.5, 0.6) is 0 Å². The van der Waals surface area contributed by atoms with Crippen LogP contribution < -0.4 is 0 Å². The molecule has 0 spiro atoms. The van der Waals surface area contributed by atoms with Crippen LogP contribution in [0, 0.1) is 6.92 Å². The summed E-state index contributed by atoms with van der Waals surface area (Å²) < 4.78 is 59.2. The van der Waals surface area contributed by atoms with Gasteiger partial charge in [-0.2, -0.15) is 0 Å². The van der Waals surface area contributed by atoms with E-state index in [0.717, 1.165) is 17.9 Å². The van der Waals surface area contributed by atoms with Crippen LogP contribution in [0.25, 0.3) is 0 Å². The third-order valence-corrected chi connectivity index (χ3v) is 1.09. The molecule has 1 N–H and O–H groups in total. The summed E-state index contributed by atoms with van der Waals surface area (Å²) in [6.07, 6.45) is 2.91. The largest absolute Gasteiger partial charge is 1.00 e. The van der Waals surface area contributed by atoms with Crippen molar-refractivity contribution < 1.29 is 26.6 Å². The first kappa shape index (κ1) is 14.2. The van der Waals surface area contributed by atoms with E-state index in [1.165, 1.54) is 0 Å². The minimum Gasteiger partial charge on any atom is 1.00 e. The Hall–Kier alpha value is -0.780. The molecule has 0 atom stereocenters. The third kappa shape index (κ3) is 15.9. The Morgan fingerprint density at radius 3 is 1.80 bits per heavy atom. The maximum atomic E-state index is 9.87. The van der Waals surface area contributed by atoms with Gasteiger partial charge in [0, 0.05) is 12.6 Å². The van der Waals surface area contributed by atoms with Crippen molar-refractivity contribution in [3.63, 3.8) is 0 Å². The van der Waals surface area contributed by atoms with Crippen molar-refractivity contribution in [3.05, 3.63) is 17.7 Å². The van der Waals surface area contributed by atoms with Crippen molar-refractivity contribution in [1.82, 2.24) is 9.97 Å². The van der Waals surface area contributed by atoms with Crippen LogP contribution in [0.4, 0.5) is 25.2 Å². The van der Waals surface area contributed by atoms with Crippen molar-refractivity contribution in [2.75, 3.05) is 0 Å². The Balaban J connectivity index is 0. The number of halogens is 6. The molecule has 0 saturated heterocycles. The Kier molecular flexibility index (Phi) is 3.19. The average molecular weight is 256 g/mol. The van der Waals surface area contributed by atoms with Gasteiger partial charge in [-0.1, -0.05) is 6.92 Å². The quantitative estimate of drug-likeness (QED) is 0.568. The average Bonchev–Trinajstić information content (AvgIpc) is 2.28. The zero-order valence-corrected chi connectivity index (χ0v) is 8.84. The second kappa shape index (κ2) is 3.37.